The average molecular weight is 295 g/mol. The van der Waals surface area contributed by atoms with Gasteiger partial charge in [0.2, 0.25) is 0 Å². The Balaban J connectivity index is 1.57. The zero-order valence-corrected chi connectivity index (χ0v) is 13.7. The van der Waals surface area contributed by atoms with Crippen molar-refractivity contribution in [1.82, 2.24) is 5.32 Å². The average Bonchev–Trinajstić information content (AvgIpc) is 2.97. The minimum Gasteiger partial charge on any atom is -0.381 e. The van der Waals surface area contributed by atoms with Gasteiger partial charge in [-0.05, 0) is 75.8 Å². The van der Waals surface area contributed by atoms with Gasteiger partial charge >= 0.3 is 0 Å². The molecule has 0 bridgehead atoms. The molecule has 3 heteroatoms. The van der Waals surface area contributed by atoms with Crippen LogP contribution < -0.4 is 5.32 Å². The second-order valence-electron chi connectivity index (χ2n) is 7.46. The van der Waals surface area contributed by atoms with Crippen molar-refractivity contribution in [2.75, 3.05) is 32.9 Å². The number of hydrogen-bond donors (Lipinski definition) is 1. The minimum absolute atomic E-state index is 0.172. The normalized spacial score (nSPS) is 36.1. The first-order valence-corrected chi connectivity index (χ1v) is 9.25. The van der Waals surface area contributed by atoms with Crippen molar-refractivity contribution in [3.8, 4) is 0 Å². The monoisotopic (exact) mass is 295 g/mol. The molecule has 0 aromatic heterocycles. The molecular weight excluding hydrogens is 262 g/mol. The van der Waals surface area contributed by atoms with Crippen molar-refractivity contribution in [2.24, 2.45) is 17.8 Å². The van der Waals surface area contributed by atoms with Gasteiger partial charge in [0.25, 0.3) is 0 Å². The van der Waals surface area contributed by atoms with Crippen molar-refractivity contribution >= 4 is 0 Å². The summed E-state index contributed by atoms with van der Waals surface area (Å²) in [7, 11) is 0. The van der Waals surface area contributed by atoms with Crippen LogP contribution in [0.2, 0.25) is 0 Å². The first-order chi connectivity index (χ1) is 10.3. The lowest BCUT2D eigenvalue weighted by atomic mass is 9.72. The van der Waals surface area contributed by atoms with Crippen LogP contribution in [-0.2, 0) is 9.47 Å². The molecule has 0 aromatic rings. The lowest BCUT2D eigenvalue weighted by molar-refractivity contribution is -0.154. The first kappa shape index (κ1) is 15.8. The van der Waals surface area contributed by atoms with Crippen LogP contribution >= 0.6 is 0 Å². The van der Waals surface area contributed by atoms with Gasteiger partial charge in [0.15, 0.2) is 0 Å². The van der Waals surface area contributed by atoms with Gasteiger partial charge in [-0.25, -0.2) is 0 Å². The SMILES string of the molecule is CCCNCC1CCCC1C1CCOC2(CCOCC2)C1. The largest absolute Gasteiger partial charge is 0.381 e. The minimum atomic E-state index is 0.172. The summed E-state index contributed by atoms with van der Waals surface area (Å²) in [6.07, 6.45) is 10.4. The van der Waals surface area contributed by atoms with E-state index >= 15 is 0 Å². The van der Waals surface area contributed by atoms with E-state index in [9.17, 15) is 0 Å². The molecule has 122 valence electrons. The molecule has 0 amide bonds. The molecule has 0 aromatic carbocycles. The molecule has 1 spiro atoms. The van der Waals surface area contributed by atoms with Gasteiger partial charge in [-0.1, -0.05) is 13.3 Å². The first-order valence-electron chi connectivity index (χ1n) is 9.25. The predicted molar refractivity (Wildman–Crippen MR) is 85.5 cm³/mol. The van der Waals surface area contributed by atoms with Crippen molar-refractivity contribution < 1.29 is 9.47 Å². The van der Waals surface area contributed by atoms with E-state index in [2.05, 4.69) is 12.2 Å². The maximum Gasteiger partial charge on any atom is 0.0729 e. The van der Waals surface area contributed by atoms with Crippen LogP contribution in [0, 0.1) is 17.8 Å². The van der Waals surface area contributed by atoms with Gasteiger partial charge in [-0.2, -0.15) is 0 Å². The molecular formula is C18H33NO2. The topological polar surface area (TPSA) is 30.5 Å². The van der Waals surface area contributed by atoms with Crippen LogP contribution in [0.15, 0.2) is 0 Å². The van der Waals surface area contributed by atoms with Crippen molar-refractivity contribution in [1.29, 1.82) is 0 Å². The van der Waals surface area contributed by atoms with Crippen LogP contribution in [0.5, 0.6) is 0 Å². The highest BCUT2D eigenvalue weighted by Gasteiger charge is 2.43. The molecule has 3 aliphatic rings. The fourth-order valence-electron chi connectivity index (χ4n) is 4.93. The fraction of sp³-hybridized carbons (Fsp3) is 1.00. The quantitative estimate of drug-likeness (QED) is 0.789. The van der Waals surface area contributed by atoms with E-state index < -0.39 is 0 Å². The summed E-state index contributed by atoms with van der Waals surface area (Å²) in [5, 5.41) is 3.67. The van der Waals surface area contributed by atoms with Crippen LogP contribution in [0.1, 0.15) is 58.3 Å². The van der Waals surface area contributed by atoms with Crippen LogP contribution in [0.4, 0.5) is 0 Å². The molecule has 1 aliphatic carbocycles. The van der Waals surface area contributed by atoms with E-state index in [-0.39, 0.29) is 5.60 Å². The van der Waals surface area contributed by atoms with E-state index in [0.29, 0.717) is 0 Å². The third-order valence-corrected chi connectivity index (χ3v) is 6.09. The van der Waals surface area contributed by atoms with Gasteiger partial charge in [-0.3, -0.25) is 0 Å². The van der Waals surface area contributed by atoms with E-state index in [4.69, 9.17) is 9.47 Å². The summed E-state index contributed by atoms with van der Waals surface area (Å²) in [6.45, 7) is 7.46. The molecule has 3 atom stereocenters. The maximum atomic E-state index is 6.23. The third kappa shape index (κ3) is 3.80. The van der Waals surface area contributed by atoms with Crippen LogP contribution in [-0.4, -0.2) is 38.5 Å². The molecule has 2 heterocycles. The molecule has 0 radical (unpaired) electrons. The molecule has 2 aliphatic heterocycles. The number of rotatable bonds is 5. The highest BCUT2D eigenvalue weighted by atomic mass is 16.5. The van der Waals surface area contributed by atoms with Crippen molar-refractivity contribution in [2.45, 2.75) is 63.9 Å². The molecule has 3 fully saturated rings. The maximum absolute atomic E-state index is 6.23. The zero-order valence-electron chi connectivity index (χ0n) is 13.7. The van der Waals surface area contributed by atoms with Gasteiger partial charge in [-0.15, -0.1) is 0 Å². The van der Waals surface area contributed by atoms with Gasteiger partial charge in [0.1, 0.15) is 0 Å². The fourth-order valence-corrected chi connectivity index (χ4v) is 4.93. The Morgan fingerprint density at radius 1 is 1.10 bits per heavy atom. The number of nitrogens with one attached hydrogen (secondary N) is 1. The summed E-state index contributed by atoms with van der Waals surface area (Å²) < 4.78 is 11.8. The molecule has 3 unspecified atom stereocenters. The standard InChI is InChI=1S/C18H33NO2/c1-2-9-19-14-16-4-3-5-17(16)15-6-10-21-18(13-15)7-11-20-12-8-18/h15-17,19H,2-14H2,1H3. The summed E-state index contributed by atoms with van der Waals surface area (Å²) in [6, 6.07) is 0. The highest BCUT2D eigenvalue weighted by molar-refractivity contribution is 4.94. The number of ether oxygens (including phenoxy) is 2. The second-order valence-corrected chi connectivity index (χ2v) is 7.46. The van der Waals surface area contributed by atoms with Crippen molar-refractivity contribution in [3.63, 3.8) is 0 Å². The predicted octanol–water partition coefficient (Wildman–Crippen LogP) is 3.38. The van der Waals surface area contributed by atoms with Crippen LogP contribution in [0.3, 0.4) is 0 Å². The summed E-state index contributed by atoms with van der Waals surface area (Å²) in [5.41, 5.74) is 0.172. The Bertz CT molecular complexity index is 309. The summed E-state index contributed by atoms with van der Waals surface area (Å²) >= 11 is 0. The van der Waals surface area contributed by atoms with Crippen LogP contribution in [0.25, 0.3) is 0 Å². The Morgan fingerprint density at radius 2 is 1.95 bits per heavy atom. The van der Waals surface area contributed by atoms with E-state index in [1.54, 1.807) is 0 Å². The van der Waals surface area contributed by atoms with Gasteiger partial charge in [0, 0.05) is 19.8 Å². The van der Waals surface area contributed by atoms with Gasteiger partial charge < -0.3 is 14.8 Å². The zero-order chi connectivity index (χ0) is 14.5. The number of hydrogen-bond acceptors (Lipinski definition) is 3. The molecule has 3 rings (SSSR count). The van der Waals surface area contributed by atoms with E-state index in [1.165, 1.54) is 51.6 Å². The highest BCUT2D eigenvalue weighted by Crippen LogP contribution is 2.46. The Kier molecular flexibility index (Phi) is 5.58. The summed E-state index contributed by atoms with van der Waals surface area (Å²) in [4.78, 5) is 0. The van der Waals surface area contributed by atoms with Crippen molar-refractivity contribution in [3.05, 3.63) is 0 Å². The molecule has 2 saturated heterocycles. The Hall–Kier alpha value is -0.120. The Morgan fingerprint density at radius 3 is 2.76 bits per heavy atom. The van der Waals surface area contributed by atoms with Gasteiger partial charge in [0.05, 0.1) is 5.60 Å². The smallest absolute Gasteiger partial charge is 0.0729 e. The van der Waals surface area contributed by atoms with E-state index in [0.717, 1.165) is 50.4 Å². The molecule has 21 heavy (non-hydrogen) atoms. The summed E-state index contributed by atoms with van der Waals surface area (Å²) in [5.74, 6) is 2.75. The molecule has 1 N–H and O–H groups in total. The Labute approximate surface area is 130 Å². The third-order valence-electron chi connectivity index (χ3n) is 6.09. The van der Waals surface area contributed by atoms with E-state index in [1.807, 2.05) is 0 Å². The molecule has 3 nitrogen and oxygen atoms in total. The second kappa shape index (κ2) is 7.43. The lowest BCUT2D eigenvalue weighted by Crippen LogP contribution is -2.46. The molecule has 1 saturated carbocycles. The lowest BCUT2D eigenvalue weighted by Gasteiger charge is -2.45.